The second kappa shape index (κ2) is 5.60. The van der Waals surface area contributed by atoms with Crippen molar-refractivity contribution in [1.82, 2.24) is 9.71 Å². The fraction of sp³-hybridized carbons (Fsp3) is 0.583. The molecule has 0 unspecified atom stereocenters. The Morgan fingerprint density at radius 2 is 2.00 bits per heavy atom. The molecule has 96 valence electrons. The summed E-state index contributed by atoms with van der Waals surface area (Å²) >= 11 is 0. The third-order valence-electron chi connectivity index (χ3n) is 2.37. The second-order valence-corrected chi connectivity index (χ2v) is 6.52. The molecule has 0 aliphatic carbocycles. The molecule has 1 N–H and O–H groups in total. The molecule has 0 radical (unpaired) electrons. The van der Waals surface area contributed by atoms with E-state index >= 15 is 0 Å². The molecule has 1 rings (SSSR count). The van der Waals surface area contributed by atoms with Gasteiger partial charge in [-0.3, -0.25) is 4.98 Å². The molecular weight excluding hydrogens is 236 g/mol. The number of sulfonamides is 1. The van der Waals surface area contributed by atoms with E-state index in [1.54, 1.807) is 6.20 Å². The highest BCUT2D eigenvalue weighted by Gasteiger charge is 2.18. The molecule has 0 aromatic carbocycles. The molecule has 5 heteroatoms. The number of hydrogen-bond acceptors (Lipinski definition) is 3. The molecular formula is C12H20N2O2S. The first-order valence-electron chi connectivity index (χ1n) is 5.73. The van der Waals surface area contributed by atoms with E-state index in [1.165, 1.54) is 0 Å². The van der Waals surface area contributed by atoms with Gasteiger partial charge in [0.15, 0.2) is 0 Å². The fourth-order valence-corrected chi connectivity index (χ4v) is 3.39. The zero-order valence-corrected chi connectivity index (χ0v) is 11.6. The number of nitrogens with one attached hydrogen (secondary N) is 1. The van der Waals surface area contributed by atoms with E-state index < -0.39 is 10.0 Å². The van der Waals surface area contributed by atoms with Gasteiger partial charge in [0.2, 0.25) is 10.0 Å². The van der Waals surface area contributed by atoms with Crippen molar-refractivity contribution in [2.75, 3.05) is 5.75 Å². The van der Waals surface area contributed by atoms with Crippen LogP contribution in [0.1, 0.15) is 38.1 Å². The van der Waals surface area contributed by atoms with Crippen LogP contribution in [0, 0.1) is 12.8 Å². The van der Waals surface area contributed by atoms with Crippen molar-refractivity contribution in [3.05, 3.63) is 29.6 Å². The van der Waals surface area contributed by atoms with Gasteiger partial charge >= 0.3 is 0 Å². The van der Waals surface area contributed by atoms with Gasteiger partial charge in [0.05, 0.1) is 17.5 Å². The van der Waals surface area contributed by atoms with Crippen molar-refractivity contribution in [3.8, 4) is 0 Å². The van der Waals surface area contributed by atoms with Crippen LogP contribution in [-0.2, 0) is 10.0 Å². The first-order valence-corrected chi connectivity index (χ1v) is 7.38. The lowest BCUT2D eigenvalue weighted by atomic mass is 10.1. The van der Waals surface area contributed by atoms with Crippen LogP contribution in [0.5, 0.6) is 0 Å². The van der Waals surface area contributed by atoms with Crippen LogP contribution in [0.2, 0.25) is 0 Å². The Bertz CT molecular complexity index is 469. The van der Waals surface area contributed by atoms with E-state index in [2.05, 4.69) is 9.71 Å². The molecule has 1 aromatic heterocycles. The highest BCUT2D eigenvalue weighted by molar-refractivity contribution is 7.89. The minimum Gasteiger partial charge on any atom is -0.259 e. The van der Waals surface area contributed by atoms with Gasteiger partial charge in [-0.05, 0) is 31.4 Å². The molecule has 0 aliphatic heterocycles. The minimum atomic E-state index is -3.23. The maximum absolute atomic E-state index is 11.8. The third-order valence-corrected chi connectivity index (χ3v) is 4.19. The van der Waals surface area contributed by atoms with Crippen LogP contribution in [0.25, 0.3) is 0 Å². The second-order valence-electron chi connectivity index (χ2n) is 4.72. The average molecular weight is 256 g/mol. The Labute approximate surface area is 104 Å². The van der Waals surface area contributed by atoms with Crippen molar-refractivity contribution >= 4 is 10.0 Å². The van der Waals surface area contributed by atoms with Crippen LogP contribution in [-0.4, -0.2) is 19.2 Å². The summed E-state index contributed by atoms with van der Waals surface area (Å²) in [5, 5.41) is 0. The lowest BCUT2D eigenvalue weighted by Gasteiger charge is -2.16. The van der Waals surface area contributed by atoms with E-state index in [9.17, 15) is 8.42 Å². The van der Waals surface area contributed by atoms with Gasteiger partial charge in [-0.15, -0.1) is 0 Å². The molecule has 0 spiro atoms. The Hall–Kier alpha value is -0.940. The Kier molecular flexibility index (Phi) is 4.65. The smallest absolute Gasteiger partial charge is 0.212 e. The highest BCUT2D eigenvalue weighted by atomic mass is 32.2. The topological polar surface area (TPSA) is 59.1 Å². The Balaban J connectivity index is 2.80. The van der Waals surface area contributed by atoms with Crippen LogP contribution in [0.15, 0.2) is 18.3 Å². The number of aromatic nitrogens is 1. The highest BCUT2D eigenvalue weighted by Crippen LogP contribution is 2.15. The monoisotopic (exact) mass is 256 g/mol. The lowest BCUT2D eigenvalue weighted by Crippen LogP contribution is -2.31. The summed E-state index contributed by atoms with van der Waals surface area (Å²) in [7, 11) is -3.23. The number of hydrogen-bond donors (Lipinski definition) is 1. The summed E-state index contributed by atoms with van der Waals surface area (Å²) in [5.41, 5.74) is 1.77. The summed E-state index contributed by atoms with van der Waals surface area (Å²) in [6, 6.07) is 3.48. The van der Waals surface area contributed by atoms with Crippen molar-refractivity contribution in [1.29, 1.82) is 0 Å². The molecule has 0 aliphatic rings. The van der Waals surface area contributed by atoms with Crippen molar-refractivity contribution in [3.63, 3.8) is 0 Å². The molecule has 4 nitrogen and oxygen atoms in total. The summed E-state index contributed by atoms with van der Waals surface area (Å²) in [6.45, 7) is 7.51. The summed E-state index contributed by atoms with van der Waals surface area (Å²) < 4.78 is 26.2. The van der Waals surface area contributed by atoms with E-state index in [-0.39, 0.29) is 17.7 Å². The van der Waals surface area contributed by atoms with Gasteiger partial charge in [-0.25, -0.2) is 13.1 Å². The Morgan fingerprint density at radius 3 is 2.53 bits per heavy atom. The fourth-order valence-electron chi connectivity index (χ4n) is 1.76. The van der Waals surface area contributed by atoms with E-state index in [4.69, 9.17) is 0 Å². The molecule has 1 atom stereocenters. The van der Waals surface area contributed by atoms with Crippen molar-refractivity contribution in [2.45, 2.75) is 33.7 Å². The summed E-state index contributed by atoms with van der Waals surface area (Å²) in [5.74, 6) is 0.257. The SMILES string of the molecule is Cc1cccnc1[C@@H](C)NS(=O)(=O)CC(C)C. The zero-order valence-electron chi connectivity index (χ0n) is 10.8. The molecule has 0 saturated carbocycles. The van der Waals surface area contributed by atoms with Crippen molar-refractivity contribution < 1.29 is 8.42 Å². The van der Waals surface area contributed by atoms with Gasteiger partial charge in [0.1, 0.15) is 0 Å². The zero-order chi connectivity index (χ0) is 13.1. The van der Waals surface area contributed by atoms with E-state index in [0.717, 1.165) is 11.3 Å². The van der Waals surface area contributed by atoms with Crippen LogP contribution >= 0.6 is 0 Å². The van der Waals surface area contributed by atoms with Gasteiger partial charge in [0.25, 0.3) is 0 Å². The van der Waals surface area contributed by atoms with Gasteiger partial charge in [-0.1, -0.05) is 19.9 Å². The predicted octanol–water partition coefficient (Wildman–Crippen LogP) is 2.03. The van der Waals surface area contributed by atoms with Gasteiger partial charge < -0.3 is 0 Å². The number of nitrogens with zero attached hydrogens (tertiary/aromatic N) is 1. The quantitative estimate of drug-likeness (QED) is 0.877. The largest absolute Gasteiger partial charge is 0.259 e. The first-order chi connectivity index (χ1) is 7.82. The molecule has 0 amide bonds. The van der Waals surface area contributed by atoms with Gasteiger partial charge in [0, 0.05) is 6.20 Å². The van der Waals surface area contributed by atoms with Gasteiger partial charge in [-0.2, -0.15) is 0 Å². The van der Waals surface area contributed by atoms with Crippen LogP contribution in [0.3, 0.4) is 0 Å². The average Bonchev–Trinajstić information content (AvgIpc) is 2.14. The predicted molar refractivity (Wildman–Crippen MR) is 69.1 cm³/mol. The molecule has 0 bridgehead atoms. The van der Waals surface area contributed by atoms with Crippen LogP contribution in [0.4, 0.5) is 0 Å². The lowest BCUT2D eigenvalue weighted by molar-refractivity contribution is 0.551. The molecule has 17 heavy (non-hydrogen) atoms. The maximum atomic E-state index is 11.8. The standard InChI is InChI=1S/C12H20N2O2S/c1-9(2)8-17(15,16)14-11(4)12-10(3)6-5-7-13-12/h5-7,9,11,14H,8H2,1-4H3/t11-/m1/s1. The van der Waals surface area contributed by atoms with Crippen molar-refractivity contribution in [2.24, 2.45) is 5.92 Å². The normalized spacial score (nSPS) is 13.9. The molecule has 0 fully saturated rings. The minimum absolute atomic E-state index is 0.115. The summed E-state index contributed by atoms with van der Waals surface area (Å²) in [6.07, 6.45) is 1.68. The molecule has 1 aromatic rings. The summed E-state index contributed by atoms with van der Waals surface area (Å²) in [4.78, 5) is 4.21. The Morgan fingerprint density at radius 1 is 1.35 bits per heavy atom. The molecule has 0 saturated heterocycles. The first kappa shape index (κ1) is 14.1. The van der Waals surface area contributed by atoms with Crippen LogP contribution < -0.4 is 4.72 Å². The van der Waals surface area contributed by atoms with E-state index in [0.29, 0.717) is 0 Å². The third kappa shape index (κ3) is 4.44. The number of pyridine rings is 1. The molecule has 1 heterocycles. The number of rotatable bonds is 5. The maximum Gasteiger partial charge on any atom is 0.212 e. The van der Waals surface area contributed by atoms with E-state index in [1.807, 2.05) is 39.8 Å². The number of aryl methyl sites for hydroxylation is 1.